The topological polar surface area (TPSA) is 29.9 Å². The Morgan fingerprint density at radius 1 is 1.39 bits per heavy atom. The maximum Gasteiger partial charge on any atom is 0.0629 e. The van der Waals surface area contributed by atoms with Gasteiger partial charge in [0, 0.05) is 29.7 Å². The lowest BCUT2D eigenvalue weighted by Gasteiger charge is -2.06. The summed E-state index contributed by atoms with van der Waals surface area (Å²) in [5.74, 6) is 0. The van der Waals surface area contributed by atoms with Gasteiger partial charge < -0.3 is 5.32 Å². The van der Waals surface area contributed by atoms with E-state index in [-0.39, 0.29) is 0 Å². The Balaban J connectivity index is 2.08. The minimum Gasteiger partial charge on any atom is -0.313 e. The van der Waals surface area contributed by atoms with Gasteiger partial charge in [-0.1, -0.05) is 36.4 Å². The fraction of sp³-hybridized carbons (Fsp3) is 0.308. The molecule has 1 heterocycles. The Bertz CT molecular complexity index is 525. The Kier molecular flexibility index (Phi) is 4.69. The van der Waals surface area contributed by atoms with Crippen molar-refractivity contribution in [1.82, 2.24) is 15.1 Å². The Hall–Kier alpha value is -0.970. The summed E-state index contributed by atoms with van der Waals surface area (Å²) in [5.41, 5.74) is 1.13. The van der Waals surface area contributed by atoms with E-state index in [1.54, 1.807) is 16.4 Å². The molecule has 0 bridgehead atoms. The molecule has 0 spiro atoms. The van der Waals surface area contributed by atoms with Gasteiger partial charge in [-0.15, -0.1) is 0 Å². The van der Waals surface area contributed by atoms with E-state index in [2.05, 4.69) is 29.5 Å². The molecule has 2 aromatic rings. The Morgan fingerprint density at radius 2 is 2.22 bits per heavy atom. The van der Waals surface area contributed by atoms with E-state index >= 15 is 0 Å². The van der Waals surface area contributed by atoms with Gasteiger partial charge in [-0.2, -0.15) is 5.10 Å². The Labute approximate surface area is 117 Å². The smallest absolute Gasteiger partial charge is 0.0629 e. The first-order valence-electron chi connectivity index (χ1n) is 5.84. The summed E-state index contributed by atoms with van der Waals surface area (Å²) >= 11 is 7.93. The molecule has 0 amide bonds. The van der Waals surface area contributed by atoms with Crippen LogP contribution in [0.1, 0.15) is 12.5 Å². The van der Waals surface area contributed by atoms with E-state index in [4.69, 9.17) is 11.6 Å². The van der Waals surface area contributed by atoms with Crippen molar-refractivity contribution in [3.63, 3.8) is 0 Å². The minimum atomic E-state index is 0.810. The molecule has 0 saturated heterocycles. The zero-order chi connectivity index (χ0) is 13.0. The maximum absolute atomic E-state index is 6.26. The molecule has 18 heavy (non-hydrogen) atoms. The lowest BCUT2D eigenvalue weighted by Crippen LogP contribution is -2.11. The molecule has 96 valence electrons. The third kappa shape index (κ3) is 3.51. The molecule has 0 atom stereocenters. The highest BCUT2D eigenvalue weighted by molar-refractivity contribution is 7.99. The molecule has 5 heteroatoms. The molecule has 1 aromatic carbocycles. The first-order valence-corrected chi connectivity index (χ1v) is 7.04. The summed E-state index contributed by atoms with van der Waals surface area (Å²) in [4.78, 5) is 2.25. The fourth-order valence-corrected chi connectivity index (χ4v) is 2.78. The molecule has 0 aliphatic rings. The van der Waals surface area contributed by atoms with Crippen molar-refractivity contribution in [3.8, 4) is 0 Å². The van der Waals surface area contributed by atoms with Gasteiger partial charge in [0.1, 0.15) is 0 Å². The van der Waals surface area contributed by atoms with Crippen LogP contribution in [0.4, 0.5) is 0 Å². The van der Waals surface area contributed by atoms with E-state index < -0.39 is 0 Å². The monoisotopic (exact) mass is 281 g/mol. The SMILES string of the molecule is CCNCc1ccc(Sc2cnn(C)c2)cc1Cl. The van der Waals surface area contributed by atoms with Crippen LogP contribution in [0.5, 0.6) is 0 Å². The molecule has 0 aliphatic heterocycles. The Morgan fingerprint density at radius 3 is 2.83 bits per heavy atom. The molecule has 1 N–H and O–H groups in total. The lowest BCUT2D eigenvalue weighted by atomic mass is 10.2. The van der Waals surface area contributed by atoms with Crippen LogP contribution in [0.25, 0.3) is 0 Å². The fourth-order valence-electron chi connectivity index (χ4n) is 1.58. The summed E-state index contributed by atoms with van der Waals surface area (Å²) < 4.78 is 1.80. The molecular formula is C13H16ClN3S. The molecule has 0 fully saturated rings. The van der Waals surface area contributed by atoms with Crippen molar-refractivity contribution < 1.29 is 0 Å². The predicted octanol–water partition coefficient (Wildman–Crippen LogP) is 3.33. The normalized spacial score (nSPS) is 10.8. The minimum absolute atomic E-state index is 0.810. The summed E-state index contributed by atoms with van der Waals surface area (Å²) in [7, 11) is 1.91. The molecule has 0 radical (unpaired) electrons. The van der Waals surface area contributed by atoms with Crippen molar-refractivity contribution in [2.75, 3.05) is 6.54 Å². The van der Waals surface area contributed by atoms with Crippen LogP contribution in [-0.4, -0.2) is 16.3 Å². The number of hydrogen-bond acceptors (Lipinski definition) is 3. The first-order chi connectivity index (χ1) is 8.69. The standard InChI is InChI=1S/C13H16ClN3S/c1-3-15-7-10-4-5-11(6-13(10)14)18-12-8-16-17(2)9-12/h4-6,8-9,15H,3,7H2,1-2H3. The maximum atomic E-state index is 6.26. The zero-order valence-electron chi connectivity index (χ0n) is 10.5. The molecule has 2 rings (SSSR count). The second-order valence-electron chi connectivity index (χ2n) is 3.99. The van der Waals surface area contributed by atoms with Gasteiger partial charge in [-0.25, -0.2) is 0 Å². The van der Waals surface area contributed by atoms with E-state index in [0.717, 1.165) is 33.5 Å². The van der Waals surface area contributed by atoms with Gasteiger partial charge in [0.25, 0.3) is 0 Å². The van der Waals surface area contributed by atoms with Gasteiger partial charge in [0.15, 0.2) is 0 Å². The zero-order valence-corrected chi connectivity index (χ0v) is 12.1. The number of nitrogens with zero attached hydrogens (tertiary/aromatic N) is 2. The second kappa shape index (κ2) is 6.27. The molecular weight excluding hydrogens is 266 g/mol. The highest BCUT2D eigenvalue weighted by Crippen LogP contribution is 2.30. The van der Waals surface area contributed by atoms with Gasteiger partial charge in [-0.05, 0) is 24.2 Å². The second-order valence-corrected chi connectivity index (χ2v) is 5.54. The van der Waals surface area contributed by atoms with Crippen LogP contribution in [-0.2, 0) is 13.6 Å². The van der Waals surface area contributed by atoms with Crippen LogP contribution < -0.4 is 5.32 Å². The van der Waals surface area contributed by atoms with Crippen molar-refractivity contribution in [2.24, 2.45) is 7.05 Å². The van der Waals surface area contributed by atoms with Gasteiger partial charge in [-0.3, -0.25) is 4.68 Å². The quantitative estimate of drug-likeness (QED) is 0.912. The number of rotatable bonds is 5. The summed E-state index contributed by atoms with van der Waals surface area (Å²) in [6.07, 6.45) is 3.84. The molecule has 0 aliphatic carbocycles. The van der Waals surface area contributed by atoms with Crippen LogP contribution in [0, 0.1) is 0 Å². The summed E-state index contributed by atoms with van der Waals surface area (Å²) in [5, 5.41) is 8.23. The summed E-state index contributed by atoms with van der Waals surface area (Å²) in [6.45, 7) is 3.84. The van der Waals surface area contributed by atoms with E-state index in [0.29, 0.717) is 0 Å². The van der Waals surface area contributed by atoms with Gasteiger partial charge in [0.05, 0.1) is 11.1 Å². The van der Waals surface area contributed by atoms with Crippen molar-refractivity contribution >= 4 is 23.4 Å². The number of aromatic nitrogens is 2. The summed E-state index contributed by atoms with van der Waals surface area (Å²) in [6, 6.07) is 6.17. The number of aryl methyl sites for hydroxylation is 1. The largest absolute Gasteiger partial charge is 0.313 e. The highest BCUT2D eigenvalue weighted by Gasteiger charge is 2.04. The molecule has 0 saturated carbocycles. The van der Waals surface area contributed by atoms with Crippen LogP contribution in [0.15, 0.2) is 40.4 Å². The van der Waals surface area contributed by atoms with Crippen molar-refractivity contribution in [3.05, 3.63) is 41.2 Å². The molecule has 3 nitrogen and oxygen atoms in total. The number of hydrogen-bond donors (Lipinski definition) is 1. The van der Waals surface area contributed by atoms with Gasteiger partial charge in [0.2, 0.25) is 0 Å². The predicted molar refractivity (Wildman–Crippen MR) is 76.2 cm³/mol. The lowest BCUT2D eigenvalue weighted by molar-refractivity contribution is 0.726. The first kappa shape index (κ1) is 13.5. The molecule has 0 unspecified atom stereocenters. The van der Waals surface area contributed by atoms with E-state index in [9.17, 15) is 0 Å². The third-order valence-electron chi connectivity index (χ3n) is 2.51. The third-order valence-corrected chi connectivity index (χ3v) is 3.79. The van der Waals surface area contributed by atoms with E-state index in [1.165, 1.54) is 0 Å². The van der Waals surface area contributed by atoms with Crippen LogP contribution >= 0.6 is 23.4 Å². The van der Waals surface area contributed by atoms with Crippen molar-refractivity contribution in [1.29, 1.82) is 0 Å². The number of nitrogens with one attached hydrogen (secondary N) is 1. The highest BCUT2D eigenvalue weighted by atomic mass is 35.5. The van der Waals surface area contributed by atoms with Crippen LogP contribution in [0.3, 0.4) is 0 Å². The molecule has 1 aromatic heterocycles. The van der Waals surface area contributed by atoms with Crippen LogP contribution in [0.2, 0.25) is 5.02 Å². The average Bonchev–Trinajstić information content (AvgIpc) is 2.74. The van der Waals surface area contributed by atoms with Crippen molar-refractivity contribution in [2.45, 2.75) is 23.3 Å². The van der Waals surface area contributed by atoms with E-state index in [1.807, 2.05) is 25.5 Å². The van der Waals surface area contributed by atoms with Gasteiger partial charge >= 0.3 is 0 Å². The average molecular weight is 282 g/mol. The number of halogens is 1. The number of benzene rings is 1.